The third kappa shape index (κ3) is 3.93. The van der Waals surface area contributed by atoms with E-state index < -0.39 is 35.7 Å². The second-order valence-electron chi connectivity index (χ2n) is 4.80. The predicted octanol–water partition coefficient (Wildman–Crippen LogP) is 1.66. The number of benzene rings is 1. The van der Waals surface area contributed by atoms with Crippen LogP contribution in [0.15, 0.2) is 29.2 Å². The van der Waals surface area contributed by atoms with E-state index in [1.807, 2.05) is 0 Å². The number of carbonyl (C=O) groups is 4. The van der Waals surface area contributed by atoms with Crippen LogP contribution in [0.3, 0.4) is 0 Å². The number of carboxylic acid groups (broad SMARTS) is 2. The van der Waals surface area contributed by atoms with Gasteiger partial charge in [-0.05, 0) is 30.8 Å². The van der Waals surface area contributed by atoms with Crippen molar-refractivity contribution in [2.75, 3.05) is 6.54 Å². The topological polar surface area (TPSA) is 121 Å². The summed E-state index contributed by atoms with van der Waals surface area (Å²) in [5.74, 6) is -2.92. The number of amides is 2. The lowest BCUT2D eigenvalue weighted by atomic mass is 10.2. The lowest BCUT2D eigenvalue weighted by Crippen LogP contribution is -2.33. The Morgan fingerprint density at radius 3 is 2.58 bits per heavy atom. The molecular weight excluding hydrogens is 338 g/mol. The summed E-state index contributed by atoms with van der Waals surface area (Å²) in [6.45, 7) is 0.649. The molecule has 2 N–H and O–H groups in total. The van der Waals surface area contributed by atoms with Gasteiger partial charge in [-0.1, -0.05) is 18.2 Å². The van der Waals surface area contributed by atoms with E-state index >= 15 is 0 Å². The van der Waals surface area contributed by atoms with E-state index in [4.69, 9.17) is 14.9 Å². The first-order chi connectivity index (χ1) is 11.3. The van der Waals surface area contributed by atoms with Crippen molar-refractivity contribution in [3.05, 3.63) is 34.7 Å². The maximum atomic E-state index is 12.1. The molecule has 1 aromatic rings. The number of hydrogen-bond acceptors (Lipinski definition) is 6. The molecular formula is C15H13NO7S. The van der Waals surface area contributed by atoms with E-state index in [-0.39, 0.29) is 10.7 Å². The van der Waals surface area contributed by atoms with Crippen molar-refractivity contribution >= 4 is 40.9 Å². The van der Waals surface area contributed by atoms with Gasteiger partial charge in [-0.25, -0.2) is 4.79 Å². The number of thioether (sulfide) groups is 1. The van der Waals surface area contributed by atoms with Crippen LogP contribution in [-0.2, 0) is 14.4 Å². The van der Waals surface area contributed by atoms with Gasteiger partial charge in [-0.15, -0.1) is 0 Å². The van der Waals surface area contributed by atoms with Gasteiger partial charge in [0, 0.05) is 5.56 Å². The molecule has 1 heterocycles. The molecule has 2 rings (SSSR count). The van der Waals surface area contributed by atoms with Gasteiger partial charge < -0.3 is 14.9 Å². The molecule has 1 aromatic carbocycles. The minimum absolute atomic E-state index is 0.0419. The van der Waals surface area contributed by atoms with Crippen molar-refractivity contribution in [2.24, 2.45) is 0 Å². The molecule has 24 heavy (non-hydrogen) atoms. The highest BCUT2D eigenvalue weighted by Gasteiger charge is 2.36. The normalized spacial score (nSPS) is 17.2. The summed E-state index contributed by atoms with van der Waals surface area (Å²) in [6.07, 6.45) is 0.276. The van der Waals surface area contributed by atoms with E-state index in [0.717, 1.165) is 0 Å². The number of hydrogen-bond donors (Lipinski definition) is 2. The first-order valence-electron chi connectivity index (χ1n) is 6.75. The van der Waals surface area contributed by atoms with Gasteiger partial charge in [0.05, 0.1) is 4.91 Å². The maximum absolute atomic E-state index is 12.1. The SMILES string of the molecule is CC(Oc1ccccc1/C=C1\SC(=O)N(CC(=O)O)C1=O)C(=O)O. The molecule has 9 heteroatoms. The zero-order valence-electron chi connectivity index (χ0n) is 12.5. The number of nitrogens with zero attached hydrogens (tertiary/aromatic N) is 1. The molecule has 2 amide bonds. The summed E-state index contributed by atoms with van der Waals surface area (Å²) in [5, 5.41) is 17.0. The molecule has 0 aromatic heterocycles. The van der Waals surface area contributed by atoms with Crippen LogP contribution in [0.25, 0.3) is 6.08 Å². The standard InChI is InChI=1S/C15H13NO7S/c1-8(14(20)21)23-10-5-3-2-4-9(10)6-11-13(19)16(7-12(17)18)15(22)24-11/h2-6,8H,7H2,1H3,(H,17,18)(H,20,21)/b11-6-. The summed E-state index contributed by atoms with van der Waals surface area (Å²) in [6, 6.07) is 6.42. The molecule has 1 fully saturated rings. The van der Waals surface area contributed by atoms with E-state index in [1.165, 1.54) is 19.1 Å². The van der Waals surface area contributed by atoms with Crippen LogP contribution in [-0.4, -0.2) is 50.8 Å². The fourth-order valence-corrected chi connectivity index (χ4v) is 2.69. The second kappa shape index (κ2) is 7.18. The quantitative estimate of drug-likeness (QED) is 0.742. The molecule has 1 atom stereocenters. The van der Waals surface area contributed by atoms with Crippen LogP contribution in [0.1, 0.15) is 12.5 Å². The Morgan fingerprint density at radius 1 is 1.29 bits per heavy atom. The Labute approximate surface area is 140 Å². The summed E-state index contributed by atoms with van der Waals surface area (Å²) < 4.78 is 5.31. The van der Waals surface area contributed by atoms with Crippen LogP contribution in [0, 0.1) is 0 Å². The first-order valence-corrected chi connectivity index (χ1v) is 7.57. The Balaban J connectivity index is 2.29. The minimum Gasteiger partial charge on any atom is -0.480 e. The minimum atomic E-state index is -1.29. The summed E-state index contributed by atoms with van der Waals surface area (Å²) in [4.78, 5) is 46.1. The van der Waals surface area contributed by atoms with Crippen molar-refractivity contribution in [3.8, 4) is 5.75 Å². The Hall–Kier alpha value is -2.81. The summed E-state index contributed by atoms with van der Waals surface area (Å²) in [5.41, 5.74) is 0.409. The molecule has 0 saturated carbocycles. The summed E-state index contributed by atoms with van der Waals surface area (Å²) in [7, 11) is 0. The highest BCUT2D eigenvalue weighted by molar-refractivity contribution is 8.18. The molecule has 0 aliphatic carbocycles. The third-order valence-electron chi connectivity index (χ3n) is 3.02. The number of ether oxygens (including phenoxy) is 1. The van der Waals surface area contributed by atoms with Gasteiger partial charge >= 0.3 is 11.9 Å². The highest BCUT2D eigenvalue weighted by Crippen LogP contribution is 2.33. The Bertz CT molecular complexity index is 743. The second-order valence-corrected chi connectivity index (χ2v) is 5.79. The summed E-state index contributed by atoms with van der Waals surface area (Å²) >= 11 is 0.616. The van der Waals surface area contributed by atoms with Gasteiger partial charge in [-0.2, -0.15) is 0 Å². The lowest BCUT2D eigenvalue weighted by molar-refractivity contribution is -0.144. The largest absolute Gasteiger partial charge is 0.480 e. The predicted molar refractivity (Wildman–Crippen MR) is 84.5 cm³/mol. The smallest absolute Gasteiger partial charge is 0.344 e. The van der Waals surface area contributed by atoms with Crippen LogP contribution in [0.2, 0.25) is 0 Å². The van der Waals surface area contributed by atoms with Crippen molar-refractivity contribution < 1.29 is 34.1 Å². The number of carbonyl (C=O) groups excluding carboxylic acids is 2. The fraction of sp³-hybridized carbons (Fsp3) is 0.200. The molecule has 0 radical (unpaired) electrons. The number of rotatable bonds is 6. The van der Waals surface area contributed by atoms with E-state index in [9.17, 15) is 19.2 Å². The van der Waals surface area contributed by atoms with Crippen LogP contribution >= 0.6 is 11.8 Å². The molecule has 0 spiro atoms. The van der Waals surface area contributed by atoms with Gasteiger partial charge in [0.1, 0.15) is 12.3 Å². The Morgan fingerprint density at radius 2 is 1.96 bits per heavy atom. The maximum Gasteiger partial charge on any atom is 0.344 e. The highest BCUT2D eigenvalue weighted by atomic mass is 32.2. The monoisotopic (exact) mass is 351 g/mol. The molecule has 8 nitrogen and oxygen atoms in total. The third-order valence-corrected chi connectivity index (χ3v) is 3.93. The fourth-order valence-electron chi connectivity index (χ4n) is 1.86. The van der Waals surface area contributed by atoms with Crippen molar-refractivity contribution in [2.45, 2.75) is 13.0 Å². The number of carboxylic acids is 2. The van der Waals surface area contributed by atoms with E-state index in [1.54, 1.807) is 18.2 Å². The van der Waals surface area contributed by atoms with Crippen molar-refractivity contribution in [1.29, 1.82) is 0 Å². The zero-order chi connectivity index (χ0) is 17.9. The number of imide groups is 1. The molecule has 0 bridgehead atoms. The van der Waals surface area contributed by atoms with Crippen LogP contribution < -0.4 is 4.74 Å². The van der Waals surface area contributed by atoms with Gasteiger partial charge in [0.15, 0.2) is 6.10 Å². The first kappa shape index (κ1) is 17.5. The molecule has 126 valence electrons. The van der Waals surface area contributed by atoms with Crippen LogP contribution in [0.5, 0.6) is 5.75 Å². The average Bonchev–Trinajstić information content (AvgIpc) is 2.76. The molecule has 1 aliphatic rings. The van der Waals surface area contributed by atoms with E-state index in [0.29, 0.717) is 22.2 Å². The van der Waals surface area contributed by atoms with Crippen molar-refractivity contribution in [1.82, 2.24) is 4.90 Å². The van der Waals surface area contributed by atoms with Gasteiger partial charge in [0.25, 0.3) is 11.1 Å². The van der Waals surface area contributed by atoms with Gasteiger partial charge in [-0.3, -0.25) is 19.3 Å². The molecule has 1 saturated heterocycles. The Kier molecular flexibility index (Phi) is 5.24. The van der Waals surface area contributed by atoms with Gasteiger partial charge in [0.2, 0.25) is 0 Å². The van der Waals surface area contributed by atoms with E-state index in [2.05, 4.69) is 0 Å². The van der Waals surface area contributed by atoms with Crippen molar-refractivity contribution in [3.63, 3.8) is 0 Å². The van der Waals surface area contributed by atoms with Crippen LogP contribution in [0.4, 0.5) is 4.79 Å². The zero-order valence-corrected chi connectivity index (χ0v) is 13.3. The molecule has 1 unspecified atom stereocenters. The molecule has 1 aliphatic heterocycles. The number of para-hydroxylation sites is 1. The average molecular weight is 351 g/mol. The lowest BCUT2D eigenvalue weighted by Gasteiger charge is -2.12. The number of aliphatic carboxylic acids is 2.